The first-order chi connectivity index (χ1) is 12.3. The standard InChI is InChI=1S/C19H27N3O3S/c1-19(2,3)16-12-17(22(4)21-16)20-18(23)13-26-11-10-25-15-8-6-14(24-5)7-9-15/h6-9,12H,10-11,13H2,1-5H3,(H,20,23). The molecule has 0 aliphatic carbocycles. The van der Waals surface area contributed by atoms with Gasteiger partial charge in [0.15, 0.2) is 0 Å². The van der Waals surface area contributed by atoms with Gasteiger partial charge in [0, 0.05) is 24.3 Å². The molecule has 1 amide bonds. The van der Waals surface area contributed by atoms with Crippen molar-refractivity contribution in [3.8, 4) is 11.5 Å². The van der Waals surface area contributed by atoms with Gasteiger partial charge in [-0.05, 0) is 24.3 Å². The molecule has 0 saturated carbocycles. The van der Waals surface area contributed by atoms with Gasteiger partial charge in [-0.3, -0.25) is 9.48 Å². The second-order valence-corrected chi connectivity index (χ2v) is 8.02. The molecule has 0 saturated heterocycles. The first kappa shape index (κ1) is 20.2. The summed E-state index contributed by atoms with van der Waals surface area (Å²) in [6, 6.07) is 9.37. The van der Waals surface area contributed by atoms with E-state index in [0.29, 0.717) is 12.4 Å². The smallest absolute Gasteiger partial charge is 0.235 e. The molecule has 0 radical (unpaired) electrons. The van der Waals surface area contributed by atoms with E-state index in [1.165, 1.54) is 11.8 Å². The second kappa shape index (κ2) is 8.98. The van der Waals surface area contributed by atoms with Gasteiger partial charge in [-0.2, -0.15) is 5.10 Å². The highest BCUT2D eigenvalue weighted by Gasteiger charge is 2.19. The number of hydrogen-bond acceptors (Lipinski definition) is 5. The van der Waals surface area contributed by atoms with Crippen LogP contribution in [0.15, 0.2) is 30.3 Å². The first-order valence-corrected chi connectivity index (χ1v) is 9.64. The van der Waals surface area contributed by atoms with Gasteiger partial charge in [-0.15, -0.1) is 11.8 Å². The van der Waals surface area contributed by atoms with Crippen molar-refractivity contribution in [3.05, 3.63) is 36.0 Å². The van der Waals surface area contributed by atoms with Crippen molar-refractivity contribution in [1.29, 1.82) is 0 Å². The Hall–Kier alpha value is -2.15. The zero-order valence-corrected chi connectivity index (χ0v) is 16.9. The van der Waals surface area contributed by atoms with Gasteiger partial charge in [0.25, 0.3) is 0 Å². The highest BCUT2D eigenvalue weighted by Crippen LogP contribution is 2.23. The number of carbonyl (C=O) groups is 1. The van der Waals surface area contributed by atoms with E-state index in [1.54, 1.807) is 11.8 Å². The summed E-state index contributed by atoms with van der Waals surface area (Å²) in [6.07, 6.45) is 0. The van der Waals surface area contributed by atoms with Crippen LogP contribution in [-0.2, 0) is 17.3 Å². The highest BCUT2D eigenvalue weighted by atomic mass is 32.2. The highest BCUT2D eigenvalue weighted by molar-refractivity contribution is 7.99. The minimum atomic E-state index is -0.0473. The quantitative estimate of drug-likeness (QED) is 0.714. The predicted octanol–water partition coefficient (Wildman–Crippen LogP) is 3.48. The third-order valence-corrected chi connectivity index (χ3v) is 4.63. The van der Waals surface area contributed by atoms with Crippen molar-refractivity contribution in [2.24, 2.45) is 7.05 Å². The fourth-order valence-corrected chi connectivity index (χ4v) is 2.79. The average Bonchev–Trinajstić information content (AvgIpc) is 2.96. The summed E-state index contributed by atoms with van der Waals surface area (Å²) in [7, 11) is 3.47. The van der Waals surface area contributed by atoms with E-state index in [4.69, 9.17) is 9.47 Å². The number of hydrogen-bond donors (Lipinski definition) is 1. The van der Waals surface area contributed by atoms with Crippen LogP contribution in [0.5, 0.6) is 11.5 Å². The van der Waals surface area contributed by atoms with Crippen LogP contribution in [0.2, 0.25) is 0 Å². The number of aryl methyl sites for hydroxylation is 1. The van der Waals surface area contributed by atoms with Crippen LogP contribution in [0.1, 0.15) is 26.5 Å². The number of methoxy groups -OCH3 is 1. The van der Waals surface area contributed by atoms with Gasteiger partial charge in [-0.25, -0.2) is 0 Å². The molecule has 7 heteroatoms. The van der Waals surface area contributed by atoms with Crippen LogP contribution in [0, 0.1) is 0 Å². The van der Waals surface area contributed by atoms with Gasteiger partial charge in [-0.1, -0.05) is 20.8 Å². The molecule has 1 aromatic heterocycles. The van der Waals surface area contributed by atoms with E-state index in [-0.39, 0.29) is 11.3 Å². The maximum atomic E-state index is 12.1. The number of amides is 1. The molecule has 0 bridgehead atoms. The zero-order valence-electron chi connectivity index (χ0n) is 16.0. The summed E-state index contributed by atoms with van der Waals surface area (Å²) < 4.78 is 12.5. The Morgan fingerprint density at radius 3 is 2.46 bits per heavy atom. The lowest BCUT2D eigenvalue weighted by atomic mass is 9.92. The van der Waals surface area contributed by atoms with Gasteiger partial charge >= 0.3 is 0 Å². The normalized spacial score (nSPS) is 11.3. The molecular weight excluding hydrogens is 350 g/mol. The Bertz CT molecular complexity index is 721. The average molecular weight is 378 g/mol. The molecular formula is C19H27N3O3S. The van der Waals surface area contributed by atoms with Crippen LogP contribution in [0.3, 0.4) is 0 Å². The topological polar surface area (TPSA) is 65.4 Å². The third kappa shape index (κ3) is 5.98. The Balaban J connectivity index is 1.69. The predicted molar refractivity (Wildman–Crippen MR) is 106 cm³/mol. The van der Waals surface area contributed by atoms with Crippen LogP contribution >= 0.6 is 11.8 Å². The summed E-state index contributed by atoms with van der Waals surface area (Å²) in [5, 5.41) is 7.37. The molecule has 0 aliphatic rings. The Morgan fingerprint density at radius 1 is 1.23 bits per heavy atom. The maximum absolute atomic E-state index is 12.1. The number of rotatable bonds is 8. The molecule has 1 heterocycles. The van der Waals surface area contributed by atoms with Gasteiger partial charge in [0.2, 0.25) is 5.91 Å². The van der Waals surface area contributed by atoms with Crippen molar-refractivity contribution in [2.45, 2.75) is 26.2 Å². The maximum Gasteiger partial charge on any atom is 0.235 e. The van der Waals surface area contributed by atoms with Crippen LogP contribution < -0.4 is 14.8 Å². The summed E-state index contributed by atoms with van der Waals surface area (Å²) in [4.78, 5) is 12.1. The number of anilines is 1. The molecule has 1 N–H and O–H groups in total. The summed E-state index contributed by atoms with van der Waals surface area (Å²) >= 11 is 1.53. The lowest BCUT2D eigenvalue weighted by molar-refractivity contribution is -0.113. The largest absolute Gasteiger partial charge is 0.497 e. The van der Waals surface area contributed by atoms with Crippen molar-refractivity contribution >= 4 is 23.5 Å². The van der Waals surface area contributed by atoms with E-state index in [1.807, 2.05) is 37.4 Å². The number of ether oxygens (including phenoxy) is 2. The van der Waals surface area contributed by atoms with Crippen molar-refractivity contribution < 1.29 is 14.3 Å². The van der Waals surface area contributed by atoms with E-state index in [0.717, 1.165) is 28.8 Å². The molecule has 0 atom stereocenters. The first-order valence-electron chi connectivity index (χ1n) is 8.48. The lowest BCUT2D eigenvalue weighted by Gasteiger charge is -2.13. The summed E-state index contributed by atoms with van der Waals surface area (Å²) in [6.45, 7) is 6.84. The minimum absolute atomic E-state index is 0.0390. The second-order valence-electron chi connectivity index (χ2n) is 6.91. The monoisotopic (exact) mass is 377 g/mol. The summed E-state index contributed by atoms with van der Waals surface area (Å²) in [5.41, 5.74) is 0.907. The molecule has 0 fully saturated rings. The Kier molecular flexibility index (Phi) is 6.97. The van der Waals surface area contributed by atoms with Crippen molar-refractivity contribution in [2.75, 3.05) is 30.5 Å². The van der Waals surface area contributed by atoms with Gasteiger partial charge < -0.3 is 14.8 Å². The molecule has 1 aromatic carbocycles. The van der Waals surface area contributed by atoms with E-state index in [9.17, 15) is 4.79 Å². The van der Waals surface area contributed by atoms with Crippen LogP contribution in [-0.4, -0.2) is 40.9 Å². The SMILES string of the molecule is COc1ccc(OCCSCC(=O)Nc2cc(C(C)(C)C)nn2C)cc1. The van der Waals surface area contributed by atoms with Crippen LogP contribution in [0.4, 0.5) is 5.82 Å². The molecule has 6 nitrogen and oxygen atoms in total. The van der Waals surface area contributed by atoms with E-state index >= 15 is 0 Å². The molecule has 26 heavy (non-hydrogen) atoms. The number of nitrogens with zero attached hydrogens (tertiary/aromatic N) is 2. The lowest BCUT2D eigenvalue weighted by Crippen LogP contribution is -2.17. The number of nitrogens with one attached hydrogen (secondary N) is 1. The zero-order chi connectivity index (χ0) is 19.2. The van der Waals surface area contributed by atoms with E-state index in [2.05, 4.69) is 31.2 Å². The molecule has 0 unspecified atom stereocenters. The molecule has 2 rings (SSSR count). The fourth-order valence-electron chi connectivity index (χ4n) is 2.18. The minimum Gasteiger partial charge on any atom is -0.497 e. The van der Waals surface area contributed by atoms with Gasteiger partial charge in [0.05, 0.1) is 25.2 Å². The number of thioether (sulfide) groups is 1. The molecule has 0 spiro atoms. The van der Waals surface area contributed by atoms with E-state index < -0.39 is 0 Å². The van der Waals surface area contributed by atoms with Crippen molar-refractivity contribution in [3.63, 3.8) is 0 Å². The van der Waals surface area contributed by atoms with Crippen LogP contribution in [0.25, 0.3) is 0 Å². The Morgan fingerprint density at radius 2 is 1.88 bits per heavy atom. The Labute approximate surface area is 159 Å². The van der Waals surface area contributed by atoms with Gasteiger partial charge in [0.1, 0.15) is 17.3 Å². The molecule has 142 valence electrons. The number of carbonyl (C=O) groups excluding carboxylic acids is 1. The third-order valence-electron chi connectivity index (χ3n) is 3.70. The number of benzene rings is 1. The summed E-state index contributed by atoms with van der Waals surface area (Å²) in [5.74, 6) is 3.38. The number of aromatic nitrogens is 2. The molecule has 2 aromatic rings. The fraction of sp³-hybridized carbons (Fsp3) is 0.474. The van der Waals surface area contributed by atoms with Crippen molar-refractivity contribution in [1.82, 2.24) is 9.78 Å². The molecule has 0 aliphatic heterocycles.